The molecular formula is C20H17Cl2N3O5S. The Balaban J connectivity index is 1.93. The molecule has 31 heavy (non-hydrogen) atoms. The Hall–Kier alpha value is -2.88. The molecule has 3 aromatic rings. The van der Waals surface area contributed by atoms with Crippen molar-refractivity contribution in [1.29, 1.82) is 0 Å². The van der Waals surface area contributed by atoms with Crippen LogP contribution in [0.2, 0.25) is 10.0 Å². The van der Waals surface area contributed by atoms with E-state index in [0.29, 0.717) is 39.2 Å². The monoisotopic (exact) mass is 481 g/mol. The van der Waals surface area contributed by atoms with E-state index in [1.54, 1.807) is 30.3 Å². The predicted octanol–water partition coefficient (Wildman–Crippen LogP) is 5.02. The normalized spacial score (nSPS) is 11.3. The highest BCUT2D eigenvalue weighted by atomic mass is 35.5. The number of methoxy groups -OCH3 is 3. The molecule has 0 atom stereocenters. The van der Waals surface area contributed by atoms with Gasteiger partial charge in [0.25, 0.3) is 0 Å². The van der Waals surface area contributed by atoms with Crippen LogP contribution in [0.3, 0.4) is 0 Å². The average Bonchev–Trinajstić information content (AvgIpc) is 3.21. The van der Waals surface area contributed by atoms with Crippen molar-refractivity contribution >= 4 is 47.0 Å². The van der Waals surface area contributed by atoms with Crippen LogP contribution in [-0.4, -0.2) is 47.6 Å². The SMILES string of the molecule is COc1ccc(Cl)cc1-c1nc(S/C(=C\c2cc(Cl)c(OC)c(OC)c2)C(=O)O)n[nH]1. The molecule has 162 valence electrons. The molecule has 11 heteroatoms. The fraction of sp³-hybridized carbons (Fsp3) is 0.150. The van der Waals surface area contributed by atoms with Crippen molar-refractivity contribution in [3.05, 3.63) is 50.8 Å². The van der Waals surface area contributed by atoms with Crippen LogP contribution in [-0.2, 0) is 4.79 Å². The number of H-pyrrole nitrogens is 1. The van der Waals surface area contributed by atoms with E-state index >= 15 is 0 Å². The summed E-state index contributed by atoms with van der Waals surface area (Å²) in [5.41, 5.74) is 1.11. The fourth-order valence-electron chi connectivity index (χ4n) is 2.68. The number of thioether (sulfide) groups is 1. The van der Waals surface area contributed by atoms with Gasteiger partial charge in [0, 0.05) is 5.02 Å². The smallest absolute Gasteiger partial charge is 0.342 e. The molecule has 0 radical (unpaired) electrons. The maximum Gasteiger partial charge on any atom is 0.342 e. The molecule has 0 aliphatic heterocycles. The zero-order valence-corrected chi connectivity index (χ0v) is 18.9. The number of halogens is 2. The third kappa shape index (κ3) is 5.25. The molecule has 8 nitrogen and oxygen atoms in total. The Labute approximate surface area is 192 Å². The first-order valence-electron chi connectivity index (χ1n) is 8.67. The van der Waals surface area contributed by atoms with Crippen LogP contribution in [0.25, 0.3) is 17.5 Å². The van der Waals surface area contributed by atoms with E-state index in [4.69, 9.17) is 37.4 Å². The van der Waals surface area contributed by atoms with Crippen LogP contribution in [0, 0.1) is 0 Å². The van der Waals surface area contributed by atoms with Gasteiger partial charge >= 0.3 is 5.97 Å². The summed E-state index contributed by atoms with van der Waals surface area (Å²) < 4.78 is 15.8. The van der Waals surface area contributed by atoms with Gasteiger partial charge in [-0.1, -0.05) is 23.2 Å². The lowest BCUT2D eigenvalue weighted by Gasteiger charge is -2.10. The fourth-order valence-corrected chi connectivity index (χ4v) is 3.86. The third-order valence-electron chi connectivity index (χ3n) is 4.05. The van der Waals surface area contributed by atoms with Gasteiger partial charge in [0.05, 0.1) is 31.9 Å². The summed E-state index contributed by atoms with van der Waals surface area (Å²) in [5, 5.41) is 17.5. The van der Waals surface area contributed by atoms with Crippen LogP contribution in [0.15, 0.2) is 40.4 Å². The first-order chi connectivity index (χ1) is 14.9. The van der Waals surface area contributed by atoms with E-state index in [-0.39, 0.29) is 15.1 Å². The topological polar surface area (TPSA) is 107 Å². The standard InChI is InChI=1S/C20H17Cl2N3O5S/c1-28-14-5-4-11(21)9-12(14)18-23-20(25-24-18)31-16(19(26)27)8-10-6-13(22)17(30-3)15(7-10)29-2/h4-9H,1-3H3,(H,26,27)(H,23,24,25)/b16-8-. The molecule has 0 fully saturated rings. The van der Waals surface area contributed by atoms with E-state index in [1.807, 2.05) is 0 Å². The summed E-state index contributed by atoms with van der Waals surface area (Å²) in [6, 6.07) is 8.27. The molecule has 2 N–H and O–H groups in total. The number of benzene rings is 2. The Kier molecular flexibility index (Phi) is 7.32. The molecule has 0 bridgehead atoms. The van der Waals surface area contributed by atoms with Gasteiger partial charge in [-0.2, -0.15) is 0 Å². The number of carbonyl (C=O) groups is 1. The minimum absolute atomic E-state index is 0.0214. The van der Waals surface area contributed by atoms with E-state index in [9.17, 15) is 9.90 Å². The molecule has 0 amide bonds. The maximum atomic E-state index is 11.8. The number of nitrogens with one attached hydrogen (secondary N) is 1. The van der Waals surface area contributed by atoms with E-state index in [1.165, 1.54) is 27.4 Å². The first kappa shape index (κ1) is 22.8. The van der Waals surface area contributed by atoms with Crippen molar-refractivity contribution in [2.24, 2.45) is 0 Å². The third-order valence-corrected chi connectivity index (χ3v) is 5.44. The summed E-state index contributed by atoms with van der Waals surface area (Å²) in [6.45, 7) is 0. The molecule has 0 unspecified atom stereocenters. The molecule has 1 aromatic heterocycles. The van der Waals surface area contributed by atoms with Gasteiger partial charge in [0.15, 0.2) is 17.3 Å². The van der Waals surface area contributed by atoms with Crippen LogP contribution in [0.5, 0.6) is 17.2 Å². The number of carboxylic acids is 1. The zero-order valence-electron chi connectivity index (χ0n) is 16.6. The van der Waals surface area contributed by atoms with Gasteiger partial charge in [-0.25, -0.2) is 9.78 Å². The second kappa shape index (κ2) is 9.95. The number of aliphatic carboxylic acids is 1. The number of nitrogens with zero attached hydrogens (tertiary/aromatic N) is 2. The summed E-state index contributed by atoms with van der Waals surface area (Å²) in [4.78, 5) is 16.1. The molecule has 0 saturated heterocycles. The molecule has 2 aromatic carbocycles. The highest BCUT2D eigenvalue weighted by Crippen LogP contribution is 2.38. The lowest BCUT2D eigenvalue weighted by molar-refractivity contribution is -0.131. The van der Waals surface area contributed by atoms with E-state index in [2.05, 4.69) is 15.2 Å². The van der Waals surface area contributed by atoms with E-state index < -0.39 is 5.97 Å². The molecule has 0 spiro atoms. The largest absolute Gasteiger partial charge is 0.496 e. The number of carboxylic acid groups (broad SMARTS) is 1. The van der Waals surface area contributed by atoms with Crippen molar-refractivity contribution < 1.29 is 24.1 Å². The van der Waals surface area contributed by atoms with E-state index in [0.717, 1.165) is 11.8 Å². The lowest BCUT2D eigenvalue weighted by atomic mass is 10.2. The van der Waals surface area contributed by atoms with Crippen LogP contribution < -0.4 is 14.2 Å². The lowest BCUT2D eigenvalue weighted by Crippen LogP contribution is -1.98. The minimum Gasteiger partial charge on any atom is -0.496 e. The maximum absolute atomic E-state index is 11.8. The van der Waals surface area contributed by atoms with Crippen LogP contribution in [0.4, 0.5) is 0 Å². The Morgan fingerprint density at radius 1 is 1.10 bits per heavy atom. The molecule has 3 rings (SSSR count). The van der Waals surface area contributed by atoms with Crippen molar-refractivity contribution in [3.63, 3.8) is 0 Å². The minimum atomic E-state index is -1.15. The molecule has 1 heterocycles. The summed E-state index contributed by atoms with van der Waals surface area (Å²) in [7, 11) is 4.46. The Morgan fingerprint density at radius 2 is 1.84 bits per heavy atom. The van der Waals surface area contributed by atoms with Gasteiger partial charge < -0.3 is 19.3 Å². The number of rotatable bonds is 8. The molecular weight excluding hydrogens is 465 g/mol. The number of ether oxygens (including phenoxy) is 3. The van der Waals surface area contributed by atoms with Crippen LogP contribution in [0.1, 0.15) is 5.56 Å². The average molecular weight is 482 g/mol. The van der Waals surface area contributed by atoms with Gasteiger partial charge in [-0.3, -0.25) is 5.10 Å². The Morgan fingerprint density at radius 3 is 2.48 bits per heavy atom. The number of hydrogen-bond donors (Lipinski definition) is 2. The van der Waals surface area contributed by atoms with Crippen molar-refractivity contribution in [3.8, 4) is 28.6 Å². The van der Waals surface area contributed by atoms with Gasteiger partial charge in [-0.05, 0) is 53.7 Å². The highest BCUT2D eigenvalue weighted by molar-refractivity contribution is 8.04. The zero-order chi connectivity index (χ0) is 22.5. The van der Waals surface area contributed by atoms with Gasteiger partial charge in [0.2, 0.25) is 5.16 Å². The van der Waals surface area contributed by atoms with Crippen LogP contribution >= 0.6 is 35.0 Å². The second-order valence-electron chi connectivity index (χ2n) is 5.97. The first-order valence-corrected chi connectivity index (χ1v) is 10.2. The number of aromatic nitrogens is 3. The number of hydrogen-bond acceptors (Lipinski definition) is 7. The summed E-state index contributed by atoms with van der Waals surface area (Å²) in [5.74, 6) is 0.526. The van der Waals surface area contributed by atoms with Gasteiger partial charge in [0.1, 0.15) is 10.7 Å². The highest BCUT2D eigenvalue weighted by Gasteiger charge is 2.17. The predicted molar refractivity (Wildman–Crippen MR) is 119 cm³/mol. The van der Waals surface area contributed by atoms with Crippen molar-refractivity contribution in [2.45, 2.75) is 5.16 Å². The second-order valence-corrected chi connectivity index (χ2v) is 7.82. The van der Waals surface area contributed by atoms with Crippen molar-refractivity contribution in [2.75, 3.05) is 21.3 Å². The number of aromatic amines is 1. The Bertz CT molecular complexity index is 1150. The molecule has 0 aliphatic rings. The molecule has 0 saturated carbocycles. The van der Waals surface area contributed by atoms with Crippen molar-refractivity contribution in [1.82, 2.24) is 15.2 Å². The molecule has 0 aliphatic carbocycles. The van der Waals surface area contributed by atoms with Gasteiger partial charge in [-0.15, -0.1) is 5.10 Å². The quantitative estimate of drug-likeness (QED) is 0.341. The summed E-state index contributed by atoms with van der Waals surface area (Å²) in [6.07, 6.45) is 1.44. The summed E-state index contributed by atoms with van der Waals surface area (Å²) >= 11 is 13.1.